The minimum Gasteiger partial charge on any atom is -0.465 e. The minimum atomic E-state index is -0.954. The Kier molecular flexibility index (Phi) is 4.75. The number of benzene rings is 1. The molecule has 1 N–H and O–H groups in total. The molecule has 0 bridgehead atoms. The lowest BCUT2D eigenvalue weighted by molar-refractivity contribution is 0.155. The molecule has 0 unspecified atom stereocenters. The maximum atomic E-state index is 12.0. The molecule has 1 saturated heterocycles. The number of anilines is 2. The van der Waals surface area contributed by atoms with Gasteiger partial charge in [-0.3, -0.25) is 4.98 Å². The van der Waals surface area contributed by atoms with Crippen molar-refractivity contribution in [3.63, 3.8) is 0 Å². The summed E-state index contributed by atoms with van der Waals surface area (Å²) in [5, 5.41) is 14.5. The molecule has 3 aromatic heterocycles. The number of aromatic nitrogens is 4. The topological polar surface area (TPSA) is 108 Å². The summed E-state index contributed by atoms with van der Waals surface area (Å²) in [5.74, 6) is 3.15. The fourth-order valence-electron chi connectivity index (χ4n) is 4.92. The second-order valence-corrected chi connectivity index (χ2v) is 8.61. The largest absolute Gasteiger partial charge is 0.465 e. The number of carbonyl (C=O) groups is 1. The molecule has 10 nitrogen and oxygen atoms in total. The van der Waals surface area contributed by atoms with Crippen LogP contribution in [0.4, 0.5) is 16.2 Å². The van der Waals surface area contributed by atoms with Gasteiger partial charge in [-0.05, 0) is 42.3 Å². The molecule has 10 heteroatoms. The minimum absolute atomic E-state index is 0.171. The van der Waals surface area contributed by atoms with Crippen molar-refractivity contribution in [2.75, 3.05) is 29.9 Å². The fourth-order valence-corrected chi connectivity index (χ4v) is 4.92. The van der Waals surface area contributed by atoms with Gasteiger partial charge in [0.05, 0.1) is 29.1 Å². The van der Waals surface area contributed by atoms with Gasteiger partial charge < -0.3 is 19.8 Å². The predicted octanol–water partition coefficient (Wildman–Crippen LogP) is 3.16. The highest BCUT2D eigenvalue weighted by atomic mass is 16.4. The molecule has 0 spiro atoms. The molecule has 2 aliphatic heterocycles. The lowest BCUT2D eigenvalue weighted by Crippen LogP contribution is -2.39. The van der Waals surface area contributed by atoms with E-state index in [2.05, 4.69) is 21.0 Å². The van der Waals surface area contributed by atoms with Crippen LogP contribution >= 0.6 is 0 Å². The van der Waals surface area contributed by atoms with Gasteiger partial charge in [0.15, 0.2) is 11.8 Å². The molecule has 1 aromatic carbocycles. The number of hydrogen-bond donors (Lipinski definition) is 1. The van der Waals surface area contributed by atoms with Crippen LogP contribution in [0, 0.1) is 0 Å². The van der Waals surface area contributed by atoms with E-state index in [4.69, 9.17) is 0 Å². The molecule has 0 saturated carbocycles. The first-order valence-electron chi connectivity index (χ1n) is 11.2. The zero-order valence-electron chi connectivity index (χ0n) is 18.9. The third-order valence-electron chi connectivity index (χ3n) is 6.68. The Morgan fingerprint density at radius 3 is 2.69 bits per heavy atom. The van der Waals surface area contributed by atoms with Gasteiger partial charge in [0.1, 0.15) is 0 Å². The Hall–Kier alpha value is -4.69. The summed E-state index contributed by atoms with van der Waals surface area (Å²) in [7, 11) is 1.80. The fraction of sp³-hybridized carbons (Fsp3) is 0.200. The molecule has 4 aromatic rings. The monoisotopic (exact) mass is 467 g/mol. The van der Waals surface area contributed by atoms with E-state index < -0.39 is 6.09 Å². The van der Waals surface area contributed by atoms with E-state index in [0.717, 1.165) is 39.2 Å². The molecular weight excluding hydrogens is 446 g/mol. The highest BCUT2D eigenvalue weighted by Gasteiger charge is 2.40. The second-order valence-electron chi connectivity index (χ2n) is 8.61. The van der Waals surface area contributed by atoms with Crippen LogP contribution in [0.3, 0.4) is 0 Å². The lowest BCUT2D eigenvalue weighted by Gasteiger charge is -2.27. The van der Waals surface area contributed by atoms with Gasteiger partial charge in [-0.2, -0.15) is 5.10 Å². The Morgan fingerprint density at radius 1 is 1.14 bits per heavy atom. The molecule has 0 radical (unpaired) electrons. The first kappa shape index (κ1) is 20.9. The average Bonchev–Trinajstić information content (AvgIpc) is 3.63. The van der Waals surface area contributed by atoms with E-state index in [1.165, 1.54) is 4.90 Å². The van der Waals surface area contributed by atoms with Crippen molar-refractivity contribution < 1.29 is 14.7 Å². The summed E-state index contributed by atoms with van der Waals surface area (Å²) in [6.07, 6.45) is 6.76. The maximum Gasteiger partial charge on any atom is 0.407 e. The molecule has 6 rings (SSSR count). The zero-order valence-corrected chi connectivity index (χ0v) is 18.9. The molecule has 1 atom stereocenters. The smallest absolute Gasteiger partial charge is 0.407 e. The Morgan fingerprint density at radius 2 is 2.00 bits per heavy atom. The molecule has 1 amide bonds. The molecule has 174 valence electrons. The van der Waals surface area contributed by atoms with Crippen molar-refractivity contribution >= 4 is 34.3 Å². The first-order chi connectivity index (χ1) is 17.0. The van der Waals surface area contributed by atoms with E-state index in [9.17, 15) is 14.7 Å². The van der Waals surface area contributed by atoms with Crippen LogP contribution in [0.25, 0.3) is 27.8 Å². The van der Waals surface area contributed by atoms with Crippen LogP contribution in [-0.4, -0.2) is 68.0 Å². The lowest BCUT2D eigenvalue weighted by atomic mass is 10.0. The molecule has 5 heterocycles. The van der Waals surface area contributed by atoms with Crippen molar-refractivity contribution in [2.45, 2.75) is 12.5 Å². The SMILES string of the molecule is CN1C(=C=O)N([C@H]2CCN(C(=O)O)C2)c2c1cnc1ccc(-c3ccc(-n4cccn4)nc3)cc21. The third-order valence-corrected chi connectivity index (χ3v) is 6.68. The number of likely N-dealkylation sites (tertiary alicyclic amines) is 1. The second kappa shape index (κ2) is 7.96. The standard InChI is InChI=1S/C25H21N7O3/c1-29-21-13-26-20-5-3-16(17-4-6-22(27-12-17)31-9-2-8-28-31)11-19(20)24(21)32(23(29)15-33)18-7-10-30(14-18)25(34)35/h2-6,8-9,11-13,18H,7,10,14H2,1H3,(H,34,35)/t18-/m0/s1. The summed E-state index contributed by atoms with van der Waals surface area (Å²) in [6.45, 7) is 0.736. The number of amides is 1. The number of hydrogen-bond acceptors (Lipinski definition) is 7. The molecule has 35 heavy (non-hydrogen) atoms. The molecule has 2 aliphatic rings. The Bertz CT molecular complexity index is 1490. The molecular formula is C25H21N7O3. The van der Waals surface area contributed by atoms with Crippen LogP contribution in [-0.2, 0) is 4.79 Å². The molecule has 0 aliphatic carbocycles. The van der Waals surface area contributed by atoms with Crippen LogP contribution in [0.2, 0.25) is 0 Å². The summed E-state index contributed by atoms with van der Waals surface area (Å²) < 4.78 is 1.70. The quantitative estimate of drug-likeness (QED) is 0.458. The van der Waals surface area contributed by atoms with Crippen molar-refractivity contribution in [1.29, 1.82) is 0 Å². The zero-order chi connectivity index (χ0) is 24.1. The van der Waals surface area contributed by atoms with Gasteiger partial charge in [-0.1, -0.05) is 6.07 Å². The van der Waals surface area contributed by atoms with E-state index in [0.29, 0.717) is 25.3 Å². The van der Waals surface area contributed by atoms with E-state index in [1.54, 1.807) is 35.2 Å². The van der Waals surface area contributed by atoms with Gasteiger partial charge in [-0.15, -0.1) is 0 Å². The van der Waals surface area contributed by atoms with Crippen LogP contribution in [0.15, 0.2) is 67.0 Å². The third kappa shape index (κ3) is 3.31. The van der Waals surface area contributed by atoms with Gasteiger partial charge in [0.25, 0.3) is 0 Å². The van der Waals surface area contributed by atoms with Gasteiger partial charge in [-0.25, -0.2) is 19.3 Å². The van der Waals surface area contributed by atoms with Crippen molar-refractivity contribution in [3.05, 3.63) is 67.0 Å². The highest BCUT2D eigenvalue weighted by Crippen LogP contribution is 2.46. The number of carboxylic acid groups (broad SMARTS) is 1. The van der Waals surface area contributed by atoms with Crippen LogP contribution < -0.4 is 9.80 Å². The van der Waals surface area contributed by atoms with E-state index >= 15 is 0 Å². The van der Waals surface area contributed by atoms with Crippen molar-refractivity contribution in [3.8, 4) is 16.9 Å². The van der Waals surface area contributed by atoms with Crippen molar-refractivity contribution in [2.24, 2.45) is 0 Å². The number of carbonyl (C=O) groups excluding carboxylic acids is 1. The van der Waals surface area contributed by atoms with Gasteiger partial charge in [0, 0.05) is 49.7 Å². The number of pyridine rings is 2. The van der Waals surface area contributed by atoms with Gasteiger partial charge in [0.2, 0.25) is 5.82 Å². The Balaban J connectivity index is 1.45. The van der Waals surface area contributed by atoms with E-state index in [1.807, 2.05) is 47.5 Å². The van der Waals surface area contributed by atoms with Crippen LogP contribution in [0.5, 0.6) is 0 Å². The van der Waals surface area contributed by atoms with Crippen LogP contribution in [0.1, 0.15) is 6.42 Å². The molecule has 1 fully saturated rings. The van der Waals surface area contributed by atoms with Crippen molar-refractivity contribution in [1.82, 2.24) is 24.6 Å². The number of nitrogens with zero attached hydrogens (tertiary/aromatic N) is 7. The summed E-state index contributed by atoms with van der Waals surface area (Å²) in [6, 6.07) is 11.6. The first-order valence-corrected chi connectivity index (χ1v) is 11.2. The summed E-state index contributed by atoms with van der Waals surface area (Å²) >= 11 is 0. The highest BCUT2D eigenvalue weighted by molar-refractivity contribution is 6.05. The normalized spacial score (nSPS) is 17.2. The summed E-state index contributed by atoms with van der Waals surface area (Å²) in [4.78, 5) is 37.8. The summed E-state index contributed by atoms with van der Waals surface area (Å²) in [5.41, 5.74) is 4.30. The average molecular weight is 467 g/mol. The van der Waals surface area contributed by atoms with E-state index in [-0.39, 0.29) is 6.04 Å². The van der Waals surface area contributed by atoms with Gasteiger partial charge >= 0.3 is 6.09 Å². The predicted molar refractivity (Wildman–Crippen MR) is 130 cm³/mol. The maximum absolute atomic E-state index is 12.0. The number of rotatable bonds is 3. The number of fused-ring (bicyclic) bond motifs is 3. The Labute approximate surface area is 200 Å².